The number of pyridine rings is 1. The average Bonchev–Trinajstić information content (AvgIpc) is 3.44. The molecule has 9 heteroatoms. The molecule has 1 saturated carbocycles. The van der Waals surface area contributed by atoms with Crippen LogP contribution >= 0.6 is 0 Å². The van der Waals surface area contributed by atoms with Crippen LogP contribution in [0.1, 0.15) is 48.3 Å². The molecule has 3 rings (SSSR count). The number of primary amides is 2. The van der Waals surface area contributed by atoms with Crippen molar-refractivity contribution in [2.75, 3.05) is 10.6 Å². The number of carbonyl (C=O) groups is 2. The van der Waals surface area contributed by atoms with E-state index in [0.717, 1.165) is 24.2 Å². The molecule has 9 nitrogen and oxygen atoms in total. The molecule has 0 spiro atoms. The van der Waals surface area contributed by atoms with Gasteiger partial charge in [0.05, 0.1) is 6.20 Å². The fraction of sp³-hybridized carbons (Fsp3) is 0.353. The highest BCUT2D eigenvalue weighted by atomic mass is 16.1. The zero-order valence-corrected chi connectivity index (χ0v) is 14.4. The molecule has 2 heterocycles. The van der Waals surface area contributed by atoms with Gasteiger partial charge >= 0.3 is 0 Å². The Labute approximate surface area is 150 Å². The molecular weight excluding hydrogens is 334 g/mol. The molecule has 136 valence electrons. The Balaban J connectivity index is 1.88. The summed E-state index contributed by atoms with van der Waals surface area (Å²) in [5, 5.41) is 5.97. The number of hydrogen-bond donors (Lipinski definition) is 4. The summed E-state index contributed by atoms with van der Waals surface area (Å²) in [7, 11) is 0. The van der Waals surface area contributed by atoms with E-state index in [1.165, 1.54) is 6.20 Å². The number of rotatable bonds is 8. The van der Waals surface area contributed by atoms with Crippen LogP contribution in [0.25, 0.3) is 0 Å². The van der Waals surface area contributed by atoms with Crippen LogP contribution in [0, 0.1) is 0 Å². The summed E-state index contributed by atoms with van der Waals surface area (Å²) >= 11 is 0. The van der Waals surface area contributed by atoms with Gasteiger partial charge < -0.3 is 22.1 Å². The standard InChI is InChI=1S/C17H21N7O2/c1-2-11(15(18)25)23-13-8-21-14(16(19)26)17(24-13)22-10-5-6-20-12(7-10)9-3-4-9/h5-9,11H,2-4H2,1H3,(H2,18,25)(H2,19,26)(H2,20,22,23,24)/t11-/m1/s1. The number of aromatic nitrogens is 3. The summed E-state index contributed by atoms with van der Waals surface area (Å²) in [6, 6.07) is 3.11. The van der Waals surface area contributed by atoms with E-state index < -0.39 is 17.9 Å². The molecule has 0 aromatic carbocycles. The maximum Gasteiger partial charge on any atom is 0.271 e. The Kier molecular flexibility index (Phi) is 4.97. The van der Waals surface area contributed by atoms with Crippen molar-refractivity contribution < 1.29 is 9.59 Å². The Morgan fingerprint density at radius 1 is 1.31 bits per heavy atom. The molecular formula is C17H21N7O2. The predicted octanol–water partition coefficient (Wildman–Crippen LogP) is 1.27. The number of hydrogen-bond acceptors (Lipinski definition) is 7. The number of anilines is 3. The topological polar surface area (TPSA) is 149 Å². The van der Waals surface area contributed by atoms with E-state index in [1.54, 1.807) is 12.3 Å². The van der Waals surface area contributed by atoms with Crippen molar-refractivity contribution in [2.45, 2.75) is 38.1 Å². The Morgan fingerprint density at radius 2 is 2.08 bits per heavy atom. The van der Waals surface area contributed by atoms with Gasteiger partial charge in [0.1, 0.15) is 11.9 Å². The molecule has 0 aliphatic heterocycles. The van der Waals surface area contributed by atoms with Gasteiger partial charge in [-0.05, 0) is 31.4 Å². The van der Waals surface area contributed by atoms with Crippen LogP contribution in [-0.2, 0) is 4.79 Å². The third-order valence-corrected chi connectivity index (χ3v) is 4.12. The van der Waals surface area contributed by atoms with E-state index in [1.807, 2.05) is 13.0 Å². The van der Waals surface area contributed by atoms with Crippen molar-refractivity contribution in [3.05, 3.63) is 35.9 Å². The number of nitrogens with zero attached hydrogens (tertiary/aromatic N) is 3. The molecule has 1 atom stereocenters. The summed E-state index contributed by atoms with van der Waals surface area (Å²) < 4.78 is 0. The highest BCUT2D eigenvalue weighted by molar-refractivity contribution is 5.96. The van der Waals surface area contributed by atoms with Gasteiger partial charge in [-0.2, -0.15) is 0 Å². The van der Waals surface area contributed by atoms with Gasteiger partial charge in [-0.3, -0.25) is 14.6 Å². The van der Waals surface area contributed by atoms with E-state index in [9.17, 15) is 9.59 Å². The van der Waals surface area contributed by atoms with E-state index in [4.69, 9.17) is 11.5 Å². The molecule has 1 fully saturated rings. The summed E-state index contributed by atoms with van der Waals surface area (Å²) in [6.07, 6.45) is 5.81. The molecule has 0 radical (unpaired) electrons. The second kappa shape index (κ2) is 7.34. The van der Waals surface area contributed by atoms with Crippen LogP contribution < -0.4 is 22.1 Å². The molecule has 2 amide bonds. The first-order valence-electron chi connectivity index (χ1n) is 8.43. The summed E-state index contributed by atoms with van der Waals surface area (Å²) in [4.78, 5) is 35.8. The maximum atomic E-state index is 11.7. The minimum absolute atomic E-state index is 0.00691. The van der Waals surface area contributed by atoms with Crippen LogP contribution in [0.3, 0.4) is 0 Å². The third kappa shape index (κ3) is 4.05. The zero-order valence-electron chi connectivity index (χ0n) is 14.4. The summed E-state index contributed by atoms with van der Waals surface area (Å²) in [5.74, 6) is -0.183. The van der Waals surface area contributed by atoms with Crippen LogP contribution in [-0.4, -0.2) is 32.8 Å². The predicted molar refractivity (Wildman–Crippen MR) is 96.9 cm³/mol. The smallest absolute Gasteiger partial charge is 0.271 e. The van der Waals surface area contributed by atoms with Gasteiger partial charge in [0.15, 0.2) is 11.5 Å². The zero-order chi connectivity index (χ0) is 18.7. The molecule has 0 unspecified atom stereocenters. The Bertz CT molecular complexity index is 836. The maximum absolute atomic E-state index is 11.7. The van der Waals surface area contributed by atoms with Crippen LogP contribution in [0.15, 0.2) is 24.5 Å². The highest BCUT2D eigenvalue weighted by Gasteiger charge is 2.25. The second-order valence-electron chi connectivity index (χ2n) is 6.19. The number of nitrogens with two attached hydrogens (primary N) is 2. The molecule has 26 heavy (non-hydrogen) atoms. The van der Waals surface area contributed by atoms with E-state index >= 15 is 0 Å². The third-order valence-electron chi connectivity index (χ3n) is 4.12. The largest absolute Gasteiger partial charge is 0.368 e. The molecule has 6 N–H and O–H groups in total. The van der Waals surface area contributed by atoms with Crippen LogP contribution in [0.2, 0.25) is 0 Å². The molecule has 2 aromatic rings. The quantitative estimate of drug-likeness (QED) is 0.557. The minimum atomic E-state index is -0.704. The summed E-state index contributed by atoms with van der Waals surface area (Å²) in [6.45, 7) is 1.82. The monoisotopic (exact) mass is 355 g/mol. The Morgan fingerprint density at radius 3 is 2.69 bits per heavy atom. The molecule has 0 bridgehead atoms. The number of amides is 2. The van der Waals surface area contributed by atoms with E-state index in [0.29, 0.717) is 18.2 Å². The van der Waals surface area contributed by atoms with Crippen molar-refractivity contribution in [1.29, 1.82) is 0 Å². The molecule has 1 aliphatic rings. The number of carbonyl (C=O) groups excluding carboxylic acids is 2. The van der Waals surface area contributed by atoms with Crippen molar-refractivity contribution in [1.82, 2.24) is 15.0 Å². The van der Waals surface area contributed by atoms with Crippen molar-refractivity contribution in [2.24, 2.45) is 11.5 Å². The van der Waals surface area contributed by atoms with Crippen molar-refractivity contribution >= 4 is 29.1 Å². The first-order valence-corrected chi connectivity index (χ1v) is 8.43. The normalized spacial score (nSPS) is 14.5. The lowest BCUT2D eigenvalue weighted by Gasteiger charge is -2.16. The fourth-order valence-electron chi connectivity index (χ4n) is 2.54. The van der Waals surface area contributed by atoms with Gasteiger partial charge in [-0.1, -0.05) is 6.92 Å². The number of nitrogens with one attached hydrogen (secondary N) is 2. The second-order valence-corrected chi connectivity index (χ2v) is 6.19. The Hall–Kier alpha value is -3.23. The van der Waals surface area contributed by atoms with Gasteiger partial charge in [0, 0.05) is 23.5 Å². The SMILES string of the molecule is CC[C@@H](Nc1cnc(C(N)=O)c(Nc2ccnc(C3CC3)c2)n1)C(N)=O. The van der Waals surface area contributed by atoms with Gasteiger partial charge in [0.2, 0.25) is 5.91 Å². The minimum Gasteiger partial charge on any atom is -0.368 e. The van der Waals surface area contributed by atoms with E-state index in [-0.39, 0.29) is 11.5 Å². The lowest BCUT2D eigenvalue weighted by molar-refractivity contribution is -0.118. The van der Waals surface area contributed by atoms with E-state index in [2.05, 4.69) is 25.6 Å². The molecule has 2 aromatic heterocycles. The van der Waals surface area contributed by atoms with Gasteiger partial charge in [-0.15, -0.1) is 0 Å². The summed E-state index contributed by atoms with van der Waals surface area (Å²) in [5.41, 5.74) is 12.5. The van der Waals surface area contributed by atoms with Crippen LogP contribution in [0.4, 0.5) is 17.3 Å². The molecule has 0 saturated heterocycles. The van der Waals surface area contributed by atoms with Crippen molar-refractivity contribution in [3.8, 4) is 0 Å². The van der Waals surface area contributed by atoms with Crippen molar-refractivity contribution in [3.63, 3.8) is 0 Å². The van der Waals surface area contributed by atoms with Gasteiger partial charge in [-0.25, -0.2) is 9.97 Å². The van der Waals surface area contributed by atoms with Crippen LogP contribution in [0.5, 0.6) is 0 Å². The first kappa shape index (κ1) is 17.6. The first-order chi connectivity index (χ1) is 12.5. The fourth-order valence-corrected chi connectivity index (χ4v) is 2.54. The lowest BCUT2D eigenvalue weighted by atomic mass is 10.2. The average molecular weight is 355 g/mol. The molecule has 1 aliphatic carbocycles. The highest BCUT2D eigenvalue weighted by Crippen LogP contribution is 2.39. The van der Waals surface area contributed by atoms with Gasteiger partial charge in [0.25, 0.3) is 5.91 Å². The lowest BCUT2D eigenvalue weighted by Crippen LogP contribution is -2.35.